The van der Waals surface area contributed by atoms with Gasteiger partial charge in [0.2, 0.25) is 10.0 Å². The zero-order chi connectivity index (χ0) is 13.8. The lowest BCUT2D eigenvalue weighted by molar-refractivity contribution is 0.234. The van der Waals surface area contributed by atoms with Crippen molar-refractivity contribution in [3.05, 3.63) is 24.3 Å². The Morgan fingerprint density at radius 1 is 1.22 bits per heavy atom. The lowest BCUT2D eigenvalue weighted by atomic mass is 10.1. The highest BCUT2D eigenvalue weighted by atomic mass is 32.2. The van der Waals surface area contributed by atoms with Crippen LogP contribution < -0.4 is 10.0 Å². The van der Waals surface area contributed by atoms with Crippen LogP contribution in [0.2, 0.25) is 0 Å². The fourth-order valence-electron chi connectivity index (χ4n) is 1.42. The zero-order valence-corrected chi connectivity index (χ0v) is 11.7. The van der Waals surface area contributed by atoms with Crippen LogP contribution in [0, 0.1) is 0 Å². The lowest BCUT2D eigenvalue weighted by Gasteiger charge is -2.25. The van der Waals surface area contributed by atoms with Gasteiger partial charge in [0.25, 0.3) is 0 Å². The maximum absolute atomic E-state index is 11.7. The summed E-state index contributed by atoms with van der Waals surface area (Å²) in [5.74, 6) is 0. The van der Waals surface area contributed by atoms with E-state index >= 15 is 0 Å². The van der Waals surface area contributed by atoms with E-state index in [9.17, 15) is 8.42 Å². The van der Waals surface area contributed by atoms with Crippen molar-refractivity contribution in [2.45, 2.75) is 31.2 Å². The summed E-state index contributed by atoms with van der Waals surface area (Å²) in [4.78, 5) is 0.233. The Labute approximate surface area is 108 Å². The minimum absolute atomic E-state index is 0.00948. The molecule has 0 saturated carbocycles. The highest BCUT2D eigenvalue weighted by molar-refractivity contribution is 7.89. The first-order chi connectivity index (χ1) is 8.30. The molecule has 0 atom stereocenters. The number of hydrogen-bond donors (Lipinski definition) is 3. The van der Waals surface area contributed by atoms with E-state index in [1.54, 1.807) is 19.1 Å². The van der Waals surface area contributed by atoms with Crippen molar-refractivity contribution in [3.63, 3.8) is 0 Å². The van der Waals surface area contributed by atoms with Crippen LogP contribution in [0.25, 0.3) is 0 Å². The number of anilines is 1. The first-order valence-corrected chi connectivity index (χ1v) is 7.28. The molecule has 0 aliphatic rings. The number of nitrogens with one attached hydrogen (secondary N) is 2. The van der Waals surface area contributed by atoms with Gasteiger partial charge in [-0.2, -0.15) is 0 Å². The van der Waals surface area contributed by atoms with Crippen molar-refractivity contribution in [3.8, 4) is 0 Å². The molecule has 0 bridgehead atoms. The second-order valence-corrected chi connectivity index (χ2v) is 6.46. The molecular formula is C12H20N2O3S. The van der Waals surface area contributed by atoms with E-state index < -0.39 is 15.6 Å². The molecule has 0 aromatic heterocycles. The normalized spacial score (nSPS) is 12.4. The van der Waals surface area contributed by atoms with Gasteiger partial charge in [0.05, 0.1) is 17.0 Å². The van der Waals surface area contributed by atoms with E-state index in [1.165, 1.54) is 12.1 Å². The van der Waals surface area contributed by atoms with Crippen LogP contribution in [0.3, 0.4) is 0 Å². The van der Waals surface area contributed by atoms with Crippen LogP contribution in [-0.2, 0) is 10.0 Å². The third-order valence-electron chi connectivity index (χ3n) is 2.38. The van der Waals surface area contributed by atoms with Gasteiger partial charge in [-0.3, -0.25) is 0 Å². The topological polar surface area (TPSA) is 78.4 Å². The second-order valence-electron chi connectivity index (χ2n) is 4.69. The van der Waals surface area contributed by atoms with Gasteiger partial charge in [-0.25, -0.2) is 13.1 Å². The maximum Gasteiger partial charge on any atom is 0.240 e. The van der Waals surface area contributed by atoms with Crippen LogP contribution in [0.1, 0.15) is 20.8 Å². The van der Waals surface area contributed by atoms with Crippen LogP contribution in [0.4, 0.5) is 5.69 Å². The first-order valence-electron chi connectivity index (χ1n) is 5.79. The molecule has 0 amide bonds. The van der Waals surface area contributed by atoms with Gasteiger partial charge < -0.3 is 10.4 Å². The minimum Gasteiger partial charge on any atom is -0.394 e. The van der Waals surface area contributed by atoms with Crippen molar-refractivity contribution in [2.24, 2.45) is 0 Å². The largest absolute Gasteiger partial charge is 0.394 e. The predicted octanol–water partition coefficient (Wildman–Crippen LogP) is 1.17. The Morgan fingerprint density at radius 2 is 1.78 bits per heavy atom. The summed E-state index contributed by atoms with van der Waals surface area (Å²) in [6, 6.07) is 6.44. The molecule has 0 heterocycles. The molecule has 3 N–H and O–H groups in total. The Hall–Kier alpha value is -1.11. The Kier molecular flexibility index (Phi) is 4.72. The quantitative estimate of drug-likeness (QED) is 0.726. The molecule has 0 fully saturated rings. The highest BCUT2D eigenvalue weighted by Crippen LogP contribution is 2.17. The van der Waals surface area contributed by atoms with Crippen LogP contribution in [0.15, 0.2) is 29.2 Å². The van der Waals surface area contributed by atoms with Gasteiger partial charge in [0.15, 0.2) is 0 Å². The molecule has 102 valence electrons. The van der Waals surface area contributed by atoms with Gasteiger partial charge in [-0.05, 0) is 38.1 Å². The van der Waals surface area contributed by atoms with Crippen LogP contribution in [-0.4, -0.2) is 32.2 Å². The number of rotatable bonds is 6. The van der Waals surface area contributed by atoms with E-state index in [0.29, 0.717) is 6.54 Å². The summed E-state index contributed by atoms with van der Waals surface area (Å²) in [5.41, 5.74) is 0.326. The third-order valence-corrected chi connectivity index (χ3v) is 3.94. The van der Waals surface area contributed by atoms with E-state index in [-0.39, 0.29) is 11.5 Å². The molecule has 1 aromatic rings. The average molecular weight is 272 g/mol. The molecule has 0 aliphatic carbocycles. The Balaban J connectivity index is 2.87. The second kappa shape index (κ2) is 5.69. The summed E-state index contributed by atoms with van der Waals surface area (Å²) in [6.07, 6.45) is 0. The first kappa shape index (κ1) is 14.9. The molecule has 0 aliphatic heterocycles. The monoisotopic (exact) mass is 272 g/mol. The van der Waals surface area contributed by atoms with E-state index in [1.807, 2.05) is 13.8 Å². The van der Waals surface area contributed by atoms with Crippen molar-refractivity contribution in [2.75, 3.05) is 18.5 Å². The van der Waals surface area contributed by atoms with Gasteiger partial charge in [0, 0.05) is 12.2 Å². The number of hydrogen-bond acceptors (Lipinski definition) is 4. The summed E-state index contributed by atoms with van der Waals surface area (Å²) in [5, 5.41) is 12.3. The number of aliphatic hydroxyl groups is 1. The standard InChI is InChI=1S/C12H20N2O3S/c1-4-13-18(16,17)11-7-5-10(6-8-11)14-12(2,3)9-15/h5-8,13-15H,4,9H2,1-3H3. The summed E-state index contributed by atoms with van der Waals surface area (Å²) >= 11 is 0. The minimum atomic E-state index is -3.40. The molecule has 0 saturated heterocycles. The zero-order valence-electron chi connectivity index (χ0n) is 10.9. The fourth-order valence-corrected chi connectivity index (χ4v) is 2.46. The van der Waals surface area contributed by atoms with Crippen LogP contribution in [0.5, 0.6) is 0 Å². The molecule has 0 unspecified atom stereocenters. The van der Waals surface area contributed by atoms with Crippen LogP contribution >= 0.6 is 0 Å². The van der Waals surface area contributed by atoms with Crippen molar-refractivity contribution >= 4 is 15.7 Å². The number of aliphatic hydroxyl groups excluding tert-OH is 1. The SMILES string of the molecule is CCNS(=O)(=O)c1ccc(NC(C)(C)CO)cc1. The van der Waals surface area contributed by atoms with Gasteiger partial charge in [0.1, 0.15) is 0 Å². The highest BCUT2D eigenvalue weighted by Gasteiger charge is 2.16. The number of benzene rings is 1. The van der Waals surface area contributed by atoms with Gasteiger partial charge >= 0.3 is 0 Å². The molecule has 6 heteroatoms. The van der Waals surface area contributed by atoms with E-state index in [4.69, 9.17) is 5.11 Å². The summed E-state index contributed by atoms with van der Waals surface area (Å²) in [6.45, 7) is 5.80. The molecule has 0 spiro atoms. The van der Waals surface area contributed by atoms with Crippen molar-refractivity contribution in [1.29, 1.82) is 0 Å². The molecule has 18 heavy (non-hydrogen) atoms. The molecular weight excluding hydrogens is 252 g/mol. The van der Waals surface area contributed by atoms with E-state index in [0.717, 1.165) is 5.69 Å². The average Bonchev–Trinajstić information content (AvgIpc) is 2.29. The molecule has 1 rings (SSSR count). The predicted molar refractivity (Wildman–Crippen MR) is 72.1 cm³/mol. The maximum atomic E-state index is 11.7. The van der Waals surface area contributed by atoms with E-state index in [2.05, 4.69) is 10.0 Å². The van der Waals surface area contributed by atoms with Crippen molar-refractivity contribution < 1.29 is 13.5 Å². The fraction of sp³-hybridized carbons (Fsp3) is 0.500. The molecule has 1 aromatic carbocycles. The summed E-state index contributed by atoms with van der Waals surface area (Å²) < 4.78 is 25.9. The van der Waals surface area contributed by atoms with Gasteiger partial charge in [-0.15, -0.1) is 0 Å². The number of sulfonamides is 1. The third kappa shape index (κ3) is 3.97. The Bertz CT molecular complexity index is 481. The van der Waals surface area contributed by atoms with Crippen molar-refractivity contribution in [1.82, 2.24) is 4.72 Å². The molecule has 5 nitrogen and oxygen atoms in total. The molecule has 0 radical (unpaired) electrons. The summed E-state index contributed by atoms with van der Waals surface area (Å²) in [7, 11) is -3.40. The smallest absolute Gasteiger partial charge is 0.240 e. The lowest BCUT2D eigenvalue weighted by Crippen LogP contribution is -2.34. The van der Waals surface area contributed by atoms with Gasteiger partial charge in [-0.1, -0.05) is 6.92 Å². The Morgan fingerprint density at radius 3 is 2.22 bits per heavy atom.